The highest BCUT2D eigenvalue weighted by Crippen LogP contribution is 2.42. The molecular formula is C10H9BrN2. The number of hydrogen-bond acceptors (Lipinski definition) is 2. The number of hydrogen-bond donors (Lipinski definition) is 0. The van der Waals surface area contributed by atoms with Crippen LogP contribution < -0.4 is 0 Å². The molecule has 1 aliphatic carbocycles. The Kier molecular flexibility index (Phi) is 2.09. The smallest absolute Gasteiger partial charge is 0.106 e. The third kappa shape index (κ3) is 1.36. The van der Waals surface area contributed by atoms with Gasteiger partial charge in [0.05, 0.1) is 11.5 Å². The number of nitrogens with zero attached hydrogens (tertiary/aromatic N) is 2. The highest BCUT2D eigenvalue weighted by atomic mass is 79.9. The molecule has 0 radical (unpaired) electrons. The molecule has 13 heavy (non-hydrogen) atoms. The van der Waals surface area contributed by atoms with Crippen molar-refractivity contribution in [1.82, 2.24) is 4.98 Å². The van der Waals surface area contributed by atoms with Crippen LogP contribution in [0.3, 0.4) is 0 Å². The van der Waals surface area contributed by atoms with Gasteiger partial charge in [0.15, 0.2) is 0 Å². The van der Waals surface area contributed by atoms with E-state index in [1.54, 1.807) is 6.20 Å². The van der Waals surface area contributed by atoms with Gasteiger partial charge in [-0.05, 0) is 46.8 Å². The molecule has 2 rings (SSSR count). The van der Waals surface area contributed by atoms with Crippen molar-refractivity contribution in [2.75, 3.05) is 0 Å². The molecule has 1 saturated carbocycles. The molecule has 0 spiro atoms. The quantitative estimate of drug-likeness (QED) is 0.704. The lowest BCUT2D eigenvalue weighted by Crippen LogP contribution is -2.32. The van der Waals surface area contributed by atoms with E-state index < -0.39 is 0 Å². The molecule has 0 bridgehead atoms. The molecule has 1 heterocycles. The maximum atomic E-state index is 9.07. The summed E-state index contributed by atoms with van der Waals surface area (Å²) in [4.78, 5) is 4.14. The third-order valence-electron chi connectivity index (χ3n) is 2.70. The third-order valence-corrected chi connectivity index (χ3v) is 3.17. The second kappa shape index (κ2) is 3.12. The fraction of sp³-hybridized carbons (Fsp3) is 0.400. The first-order chi connectivity index (χ1) is 6.27. The molecule has 0 N–H and O–H groups in total. The zero-order valence-electron chi connectivity index (χ0n) is 7.13. The van der Waals surface area contributed by atoms with Gasteiger partial charge in [-0.3, -0.25) is 0 Å². The Morgan fingerprint density at radius 2 is 2.23 bits per heavy atom. The second-order valence-electron chi connectivity index (χ2n) is 3.42. The molecule has 66 valence electrons. The Morgan fingerprint density at radius 3 is 2.62 bits per heavy atom. The molecule has 1 aromatic rings. The van der Waals surface area contributed by atoms with E-state index in [1.807, 2.05) is 12.1 Å². The first-order valence-electron chi connectivity index (χ1n) is 4.30. The summed E-state index contributed by atoms with van der Waals surface area (Å²) in [5.74, 6) is 0. The molecule has 0 amide bonds. The van der Waals surface area contributed by atoms with Gasteiger partial charge in [-0.15, -0.1) is 0 Å². The van der Waals surface area contributed by atoms with Crippen LogP contribution >= 0.6 is 15.9 Å². The van der Waals surface area contributed by atoms with Crippen molar-refractivity contribution in [2.24, 2.45) is 0 Å². The maximum absolute atomic E-state index is 9.07. The Hall–Kier alpha value is -0.880. The number of aromatic nitrogens is 1. The van der Waals surface area contributed by atoms with E-state index in [9.17, 15) is 0 Å². The van der Waals surface area contributed by atoms with Crippen LogP contribution in [0.25, 0.3) is 0 Å². The minimum atomic E-state index is -0.228. The molecule has 1 aliphatic rings. The normalized spacial score (nSPS) is 18.8. The monoisotopic (exact) mass is 236 g/mol. The maximum Gasteiger partial charge on any atom is 0.106 e. The molecule has 2 nitrogen and oxygen atoms in total. The van der Waals surface area contributed by atoms with Crippen LogP contribution in [0.1, 0.15) is 24.8 Å². The largest absolute Gasteiger partial charge is 0.249 e. The molecule has 1 fully saturated rings. The van der Waals surface area contributed by atoms with Gasteiger partial charge in [-0.25, -0.2) is 4.98 Å². The summed E-state index contributed by atoms with van der Waals surface area (Å²) in [7, 11) is 0. The Morgan fingerprint density at radius 1 is 1.46 bits per heavy atom. The lowest BCUT2D eigenvalue weighted by atomic mass is 9.66. The van der Waals surface area contributed by atoms with Crippen molar-refractivity contribution in [2.45, 2.75) is 24.7 Å². The number of rotatable bonds is 1. The van der Waals surface area contributed by atoms with Gasteiger partial charge in [0, 0.05) is 6.20 Å². The molecule has 0 atom stereocenters. The Labute approximate surface area is 85.7 Å². The van der Waals surface area contributed by atoms with E-state index in [0.29, 0.717) is 0 Å². The van der Waals surface area contributed by atoms with Crippen molar-refractivity contribution in [1.29, 1.82) is 5.26 Å². The van der Waals surface area contributed by atoms with Crippen molar-refractivity contribution >= 4 is 15.9 Å². The first kappa shape index (κ1) is 8.71. The minimum Gasteiger partial charge on any atom is -0.249 e. The van der Waals surface area contributed by atoms with Gasteiger partial charge < -0.3 is 0 Å². The predicted octanol–water partition coefficient (Wildman–Crippen LogP) is 2.79. The SMILES string of the molecule is N#CC1(c2ccc(Br)nc2)CCC1. The summed E-state index contributed by atoms with van der Waals surface area (Å²) in [6.45, 7) is 0. The van der Waals surface area contributed by atoms with Gasteiger partial charge in [-0.1, -0.05) is 6.07 Å². The van der Waals surface area contributed by atoms with E-state index in [0.717, 1.165) is 29.4 Å². The summed E-state index contributed by atoms with van der Waals surface area (Å²) in [6.07, 6.45) is 4.91. The zero-order chi connectivity index (χ0) is 9.31. The average molecular weight is 237 g/mol. The fourth-order valence-corrected chi connectivity index (χ4v) is 1.89. The van der Waals surface area contributed by atoms with E-state index in [1.165, 1.54) is 0 Å². The van der Waals surface area contributed by atoms with E-state index in [4.69, 9.17) is 5.26 Å². The highest BCUT2D eigenvalue weighted by Gasteiger charge is 2.39. The fourth-order valence-electron chi connectivity index (χ4n) is 1.65. The molecule has 0 aliphatic heterocycles. The summed E-state index contributed by atoms with van der Waals surface area (Å²) >= 11 is 3.28. The summed E-state index contributed by atoms with van der Waals surface area (Å²) in [5, 5.41) is 9.07. The van der Waals surface area contributed by atoms with Crippen LogP contribution in [0.2, 0.25) is 0 Å². The van der Waals surface area contributed by atoms with Crippen LogP contribution in [0.4, 0.5) is 0 Å². The van der Waals surface area contributed by atoms with Crippen molar-refractivity contribution < 1.29 is 0 Å². The Balaban J connectivity index is 2.35. The standard InChI is InChI=1S/C10H9BrN2/c11-9-3-2-8(6-13-9)10(7-12)4-1-5-10/h2-3,6H,1,4-5H2. The van der Waals surface area contributed by atoms with Crippen molar-refractivity contribution in [3.8, 4) is 6.07 Å². The van der Waals surface area contributed by atoms with Crippen LogP contribution in [-0.4, -0.2) is 4.98 Å². The molecular weight excluding hydrogens is 228 g/mol. The molecule has 3 heteroatoms. The second-order valence-corrected chi connectivity index (χ2v) is 4.23. The predicted molar refractivity (Wildman–Crippen MR) is 53.1 cm³/mol. The van der Waals surface area contributed by atoms with Gasteiger partial charge in [-0.2, -0.15) is 5.26 Å². The van der Waals surface area contributed by atoms with Gasteiger partial charge >= 0.3 is 0 Å². The van der Waals surface area contributed by atoms with Crippen LogP contribution in [0, 0.1) is 11.3 Å². The van der Waals surface area contributed by atoms with Crippen LogP contribution in [-0.2, 0) is 5.41 Å². The molecule has 0 saturated heterocycles. The number of halogens is 1. The van der Waals surface area contributed by atoms with E-state index in [-0.39, 0.29) is 5.41 Å². The van der Waals surface area contributed by atoms with Crippen LogP contribution in [0.15, 0.2) is 22.9 Å². The lowest BCUT2D eigenvalue weighted by molar-refractivity contribution is 0.323. The molecule has 0 unspecified atom stereocenters. The van der Waals surface area contributed by atoms with E-state index >= 15 is 0 Å². The number of pyridine rings is 1. The van der Waals surface area contributed by atoms with Gasteiger partial charge in [0.2, 0.25) is 0 Å². The summed E-state index contributed by atoms with van der Waals surface area (Å²) in [5.41, 5.74) is 0.831. The minimum absolute atomic E-state index is 0.228. The van der Waals surface area contributed by atoms with Crippen molar-refractivity contribution in [3.05, 3.63) is 28.5 Å². The van der Waals surface area contributed by atoms with Crippen LogP contribution in [0.5, 0.6) is 0 Å². The number of nitriles is 1. The van der Waals surface area contributed by atoms with Gasteiger partial charge in [0.1, 0.15) is 4.60 Å². The van der Waals surface area contributed by atoms with E-state index in [2.05, 4.69) is 27.0 Å². The first-order valence-corrected chi connectivity index (χ1v) is 5.09. The zero-order valence-corrected chi connectivity index (χ0v) is 8.71. The topological polar surface area (TPSA) is 36.7 Å². The molecule has 0 aromatic carbocycles. The summed E-state index contributed by atoms with van der Waals surface area (Å²) in [6, 6.07) is 6.28. The summed E-state index contributed by atoms with van der Waals surface area (Å²) < 4.78 is 0.823. The average Bonchev–Trinajstić information content (AvgIpc) is 2.07. The Bertz CT molecular complexity index is 346. The molecule has 1 aromatic heterocycles. The van der Waals surface area contributed by atoms with Gasteiger partial charge in [0.25, 0.3) is 0 Å². The highest BCUT2D eigenvalue weighted by molar-refractivity contribution is 9.10. The lowest BCUT2D eigenvalue weighted by Gasteiger charge is -2.35. The van der Waals surface area contributed by atoms with Crippen molar-refractivity contribution in [3.63, 3.8) is 0 Å².